The van der Waals surface area contributed by atoms with E-state index >= 15 is 0 Å². The number of aromatic nitrogens is 2. The van der Waals surface area contributed by atoms with Crippen LogP contribution in [0.25, 0.3) is 11.3 Å². The van der Waals surface area contributed by atoms with Crippen molar-refractivity contribution in [3.63, 3.8) is 0 Å². The molecule has 2 rings (SSSR count). The van der Waals surface area contributed by atoms with Crippen LogP contribution in [0.15, 0.2) is 22.7 Å². The van der Waals surface area contributed by atoms with Crippen molar-refractivity contribution >= 4 is 21.7 Å². The molecule has 1 aromatic carbocycles. The molecule has 108 valence electrons. The van der Waals surface area contributed by atoms with Gasteiger partial charge in [0.15, 0.2) is 0 Å². The fourth-order valence-corrected chi connectivity index (χ4v) is 2.78. The van der Waals surface area contributed by atoms with Gasteiger partial charge in [-0.15, -0.1) is 0 Å². The molecule has 0 fully saturated rings. The van der Waals surface area contributed by atoms with Gasteiger partial charge in [0.05, 0.1) is 0 Å². The molecule has 0 aliphatic carbocycles. The summed E-state index contributed by atoms with van der Waals surface area (Å²) >= 11 is 3.38. The summed E-state index contributed by atoms with van der Waals surface area (Å²) in [5, 5.41) is 0. The Balaban J connectivity index is 2.67. The Hall–Kier alpha value is -1.36. The minimum Gasteiger partial charge on any atom is -0.383 e. The maximum atomic E-state index is 13.2. The van der Waals surface area contributed by atoms with Crippen LogP contribution in [0.2, 0.25) is 0 Å². The van der Waals surface area contributed by atoms with E-state index in [-0.39, 0.29) is 11.2 Å². The molecule has 1 aromatic heterocycles. The zero-order valence-electron chi connectivity index (χ0n) is 12.2. The summed E-state index contributed by atoms with van der Waals surface area (Å²) in [6, 6.07) is 4.54. The fourth-order valence-electron chi connectivity index (χ4n) is 2.24. The van der Waals surface area contributed by atoms with Crippen molar-refractivity contribution in [3.05, 3.63) is 34.3 Å². The third-order valence-corrected chi connectivity index (χ3v) is 3.84. The van der Waals surface area contributed by atoms with Gasteiger partial charge in [0.25, 0.3) is 0 Å². The molecule has 2 N–H and O–H groups in total. The van der Waals surface area contributed by atoms with Crippen molar-refractivity contribution in [2.24, 2.45) is 0 Å². The number of nitrogens with two attached hydrogens (primary N) is 1. The molecule has 2 aromatic rings. The number of imidazole rings is 1. The molecule has 0 unspecified atom stereocenters. The SMILES string of the molecule is CCn1c(C(C)(C)C)nc(-c2ccc(F)cc2Br)c1N. The van der Waals surface area contributed by atoms with Gasteiger partial charge in [0.1, 0.15) is 23.2 Å². The molecule has 0 saturated carbocycles. The van der Waals surface area contributed by atoms with E-state index in [0.717, 1.165) is 17.9 Å². The largest absolute Gasteiger partial charge is 0.383 e. The van der Waals surface area contributed by atoms with Gasteiger partial charge >= 0.3 is 0 Å². The second-order valence-electron chi connectivity index (χ2n) is 5.79. The first-order valence-corrected chi connectivity index (χ1v) is 7.37. The molecule has 0 atom stereocenters. The van der Waals surface area contributed by atoms with Crippen LogP contribution in [0.3, 0.4) is 0 Å². The average molecular weight is 340 g/mol. The van der Waals surface area contributed by atoms with Crippen LogP contribution in [-0.4, -0.2) is 9.55 Å². The van der Waals surface area contributed by atoms with E-state index in [0.29, 0.717) is 16.0 Å². The van der Waals surface area contributed by atoms with Crippen LogP contribution in [0.4, 0.5) is 10.2 Å². The Morgan fingerprint density at radius 1 is 1.35 bits per heavy atom. The van der Waals surface area contributed by atoms with Gasteiger partial charge in [0.2, 0.25) is 0 Å². The summed E-state index contributed by atoms with van der Waals surface area (Å²) < 4.78 is 15.9. The van der Waals surface area contributed by atoms with Gasteiger partial charge in [-0.1, -0.05) is 20.8 Å². The third kappa shape index (κ3) is 2.59. The molecule has 20 heavy (non-hydrogen) atoms. The van der Waals surface area contributed by atoms with Gasteiger partial charge in [-0.2, -0.15) is 0 Å². The monoisotopic (exact) mass is 339 g/mol. The zero-order valence-corrected chi connectivity index (χ0v) is 13.8. The van der Waals surface area contributed by atoms with Crippen molar-refractivity contribution in [1.29, 1.82) is 0 Å². The molecule has 0 aliphatic rings. The Morgan fingerprint density at radius 2 is 2.00 bits per heavy atom. The van der Waals surface area contributed by atoms with Crippen molar-refractivity contribution in [2.75, 3.05) is 5.73 Å². The number of nitrogen functional groups attached to an aromatic ring is 1. The van der Waals surface area contributed by atoms with Crippen LogP contribution in [0.5, 0.6) is 0 Å². The predicted octanol–water partition coefficient (Wildman–Crippen LogP) is 4.35. The summed E-state index contributed by atoms with van der Waals surface area (Å²) in [6.45, 7) is 9.10. The van der Waals surface area contributed by atoms with Crippen LogP contribution in [-0.2, 0) is 12.0 Å². The van der Waals surface area contributed by atoms with E-state index in [1.807, 2.05) is 11.5 Å². The fraction of sp³-hybridized carbons (Fsp3) is 0.400. The van der Waals surface area contributed by atoms with E-state index in [1.54, 1.807) is 6.07 Å². The standard InChI is InChI=1S/C15H19BrFN3/c1-5-20-13(18)12(19-14(20)15(2,3)4)10-7-6-9(17)8-11(10)16/h6-8H,5,18H2,1-4H3. The third-order valence-electron chi connectivity index (χ3n) is 3.18. The molecule has 0 aliphatic heterocycles. The molecule has 0 bridgehead atoms. The lowest BCUT2D eigenvalue weighted by Crippen LogP contribution is -2.19. The molecule has 1 heterocycles. The summed E-state index contributed by atoms with van der Waals surface area (Å²) in [5.41, 5.74) is 7.64. The van der Waals surface area contributed by atoms with Crippen molar-refractivity contribution in [3.8, 4) is 11.3 Å². The lowest BCUT2D eigenvalue weighted by molar-refractivity contribution is 0.508. The highest BCUT2D eigenvalue weighted by Gasteiger charge is 2.25. The molecule has 0 saturated heterocycles. The quantitative estimate of drug-likeness (QED) is 0.883. The summed E-state index contributed by atoms with van der Waals surface area (Å²) in [5.74, 6) is 1.26. The second-order valence-corrected chi connectivity index (χ2v) is 6.64. The topological polar surface area (TPSA) is 43.8 Å². The average Bonchev–Trinajstić information content (AvgIpc) is 2.66. The number of hydrogen-bond acceptors (Lipinski definition) is 2. The first-order chi connectivity index (χ1) is 9.25. The smallest absolute Gasteiger partial charge is 0.131 e. The van der Waals surface area contributed by atoms with Crippen LogP contribution in [0.1, 0.15) is 33.5 Å². The Bertz CT molecular complexity index is 641. The molecular formula is C15H19BrFN3. The number of rotatable bonds is 2. The van der Waals surface area contributed by atoms with E-state index < -0.39 is 0 Å². The zero-order chi connectivity index (χ0) is 15.1. The van der Waals surface area contributed by atoms with Crippen LogP contribution < -0.4 is 5.73 Å². The number of halogens is 2. The van der Waals surface area contributed by atoms with Crippen molar-refractivity contribution in [1.82, 2.24) is 9.55 Å². The summed E-state index contributed by atoms with van der Waals surface area (Å²) in [6.07, 6.45) is 0. The van der Waals surface area contributed by atoms with Crippen LogP contribution >= 0.6 is 15.9 Å². The lowest BCUT2D eigenvalue weighted by atomic mass is 9.95. The van der Waals surface area contributed by atoms with Gasteiger partial charge in [-0.05, 0) is 41.1 Å². The van der Waals surface area contributed by atoms with E-state index in [4.69, 9.17) is 10.7 Å². The van der Waals surface area contributed by atoms with Crippen LogP contribution in [0, 0.1) is 5.82 Å². The molecule has 0 spiro atoms. The minimum atomic E-state index is -0.287. The number of hydrogen-bond donors (Lipinski definition) is 1. The van der Waals surface area contributed by atoms with Gasteiger partial charge in [-0.3, -0.25) is 0 Å². The summed E-state index contributed by atoms with van der Waals surface area (Å²) in [7, 11) is 0. The first kappa shape index (κ1) is 15.0. The van der Waals surface area contributed by atoms with E-state index in [1.165, 1.54) is 12.1 Å². The highest BCUT2D eigenvalue weighted by molar-refractivity contribution is 9.10. The van der Waals surface area contributed by atoms with Gasteiger partial charge in [-0.25, -0.2) is 9.37 Å². The first-order valence-electron chi connectivity index (χ1n) is 6.57. The highest BCUT2D eigenvalue weighted by Crippen LogP contribution is 2.35. The molecule has 5 heteroatoms. The van der Waals surface area contributed by atoms with E-state index in [2.05, 4.69) is 36.7 Å². The van der Waals surface area contributed by atoms with Gasteiger partial charge in [0, 0.05) is 22.0 Å². The molecule has 0 amide bonds. The highest BCUT2D eigenvalue weighted by atomic mass is 79.9. The minimum absolute atomic E-state index is 0.102. The maximum Gasteiger partial charge on any atom is 0.131 e. The second kappa shape index (κ2) is 5.20. The molecular weight excluding hydrogens is 321 g/mol. The Morgan fingerprint density at radius 3 is 2.45 bits per heavy atom. The summed E-state index contributed by atoms with van der Waals surface area (Å²) in [4.78, 5) is 4.70. The number of nitrogens with zero attached hydrogens (tertiary/aromatic N) is 2. The number of anilines is 1. The van der Waals surface area contributed by atoms with Gasteiger partial charge < -0.3 is 10.3 Å². The molecule has 0 radical (unpaired) electrons. The van der Waals surface area contributed by atoms with E-state index in [9.17, 15) is 4.39 Å². The van der Waals surface area contributed by atoms with Crippen molar-refractivity contribution in [2.45, 2.75) is 39.7 Å². The Labute approximate surface area is 127 Å². The normalized spacial score (nSPS) is 11.9. The number of benzene rings is 1. The van der Waals surface area contributed by atoms with Crippen molar-refractivity contribution < 1.29 is 4.39 Å². The Kier molecular flexibility index (Phi) is 3.91. The maximum absolute atomic E-state index is 13.2. The lowest BCUT2D eigenvalue weighted by Gasteiger charge is -2.19. The predicted molar refractivity (Wildman–Crippen MR) is 84.1 cm³/mol. The molecule has 3 nitrogen and oxygen atoms in total.